The van der Waals surface area contributed by atoms with Crippen molar-refractivity contribution in [2.24, 2.45) is 5.92 Å². The highest BCUT2D eigenvalue weighted by Gasteiger charge is 2.28. The van der Waals surface area contributed by atoms with Crippen molar-refractivity contribution in [1.29, 1.82) is 0 Å². The van der Waals surface area contributed by atoms with E-state index < -0.39 is 0 Å². The number of nitrogens with one attached hydrogen (secondary N) is 1. The summed E-state index contributed by atoms with van der Waals surface area (Å²) in [5, 5.41) is 14.1. The Labute approximate surface area is 135 Å². The van der Waals surface area contributed by atoms with E-state index in [1.165, 1.54) is 6.07 Å². The SMILES string of the molecule is COC[C@@H](C)NC(=O)C1CCN(c2ccccc2[N+](=O)[O-])CC1. The zero-order chi connectivity index (χ0) is 16.8. The molecule has 1 aromatic carbocycles. The summed E-state index contributed by atoms with van der Waals surface area (Å²) in [6, 6.07) is 6.73. The zero-order valence-corrected chi connectivity index (χ0v) is 13.5. The summed E-state index contributed by atoms with van der Waals surface area (Å²) >= 11 is 0. The van der Waals surface area contributed by atoms with Gasteiger partial charge in [0.25, 0.3) is 5.69 Å². The molecule has 126 valence electrons. The van der Waals surface area contributed by atoms with Gasteiger partial charge in [-0.3, -0.25) is 14.9 Å². The fraction of sp³-hybridized carbons (Fsp3) is 0.562. The molecule has 0 aliphatic carbocycles. The Morgan fingerprint density at radius 1 is 1.43 bits per heavy atom. The van der Waals surface area contributed by atoms with Crippen molar-refractivity contribution in [2.45, 2.75) is 25.8 Å². The molecule has 23 heavy (non-hydrogen) atoms. The lowest BCUT2D eigenvalue weighted by molar-refractivity contribution is -0.384. The van der Waals surface area contributed by atoms with Crippen molar-refractivity contribution in [3.63, 3.8) is 0 Å². The van der Waals surface area contributed by atoms with Crippen LogP contribution in [0.5, 0.6) is 0 Å². The number of anilines is 1. The predicted molar refractivity (Wildman–Crippen MR) is 87.5 cm³/mol. The summed E-state index contributed by atoms with van der Waals surface area (Å²) in [4.78, 5) is 25.0. The van der Waals surface area contributed by atoms with E-state index in [2.05, 4.69) is 5.32 Å². The van der Waals surface area contributed by atoms with Crippen molar-refractivity contribution >= 4 is 17.3 Å². The number of amides is 1. The number of methoxy groups -OCH3 is 1. The third kappa shape index (κ3) is 4.41. The van der Waals surface area contributed by atoms with Crippen LogP contribution >= 0.6 is 0 Å². The molecule has 1 atom stereocenters. The Balaban J connectivity index is 1.94. The molecule has 7 heteroatoms. The summed E-state index contributed by atoms with van der Waals surface area (Å²) < 4.78 is 5.02. The first kappa shape index (κ1) is 17.2. The Morgan fingerprint density at radius 3 is 2.70 bits per heavy atom. The smallest absolute Gasteiger partial charge is 0.292 e. The van der Waals surface area contributed by atoms with Crippen molar-refractivity contribution in [2.75, 3.05) is 31.7 Å². The first-order chi connectivity index (χ1) is 11.0. The molecule has 1 fully saturated rings. The van der Waals surface area contributed by atoms with Gasteiger partial charge < -0.3 is 15.0 Å². The van der Waals surface area contributed by atoms with Crippen LogP contribution in [0.4, 0.5) is 11.4 Å². The van der Waals surface area contributed by atoms with Gasteiger partial charge >= 0.3 is 0 Å². The molecule has 0 bridgehead atoms. The maximum atomic E-state index is 12.2. The lowest BCUT2D eigenvalue weighted by Gasteiger charge is -2.33. The topological polar surface area (TPSA) is 84.7 Å². The molecule has 1 aromatic rings. The molecule has 0 aromatic heterocycles. The molecule has 0 saturated carbocycles. The van der Waals surface area contributed by atoms with Crippen LogP contribution in [0.25, 0.3) is 0 Å². The van der Waals surface area contributed by atoms with E-state index in [1.807, 2.05) is 11.8 Å². The fourth-order valence-corrected chi connectivity index (χ4v) is 2.92. The third-order valence-corrected chi connectivity index (χ3v) is 4.09. The molecule has 0 unspecified atom stereocenters. The number of carbonyl (C=O) groups excluding carboxylic acids is 1. The standard InChI is InChI=1S/C16H23N3O4/c1-12(11-23-2)17-16(20)13-7-9-18(10-8-13)14-5-3-4-6-15(14)19(21)22/h3-6,12-13H,7-11H2,1-2H3,(H,17,20)/t12-/m1/s1. The highest BCUT2D eigenvalue weighted by Crippen LogP contribution is 2.31. The number of benzene rings is 1. The second-order valence-electron chi connectivity index (χ2n) is 5.87. The zero-order valence-electron chi connectivity index (χ0n) is 13.5. The van der Waals surface area contributed by atoms with Crippen LogP contribution in [0.1, 0.15) is 19.8 Å². The minimum absolute atomic E-state index is 0.0132. The van der Waals surface area contributed by atoms with E-state index in [1.54, 1.807) is 25.3 Å². The highest BCUT2D eigenvalue weighted by atomic mass is 16.6. The van der Waals surface area contributed by atoms with Crippen LogP contribution in [0.2, 0.25) is 0 Å². The van der Waals surface area contributed by atoms with Crippen LogP contribution < -0.4 is 10.2 Å². The maximum Gasteiger partial charge on any atom is 0.292 e. The largest absolute Gasteiger partial charge is 0.383 e. The second kappa shape index (κ2) is 7.92. The summed E-state index contributed by atoms with van der Waals surface area (Å²) in [6.45, 7) is 3.67. The van der Waals surface area contributed by atoms with Gasteiger partial charge in [0.05, 0.1) is 11.5 Å². The number of nitro groups is 1. The number of hydrogen-bond donors (Lipinski definition) is 1. The van der Waals surface area contributed by atoms with Crippen molar-refractivity contribution in [3.8, 4) is 0 Å². The van der Waals surface area contributed by atoms with E-state index in [4.69, 9.17) is 4.74 Å². The Bertz CT molecular complexity index is 556. The van der Waals surface area contributed by atoms with Gasteiger partial charge in [-0.1, -0.05) is 12.1 Å². The van der Waals surface area contributed by atoms with Crippen LogP contribution in [0, 0.1) is 16.0 Å². The number of para-hydroxylation sites is 2. The molecule has 2 rings (SSSR count). The van der Waals surface area contributed by atoms with Crippen LogP contribution in [-0.2, 0) is 9.53 Å². The lowest BCUT2D eigenvalue weighted by atomic mass is 9.95. The minimum Gasteiger partial charge on any atom is -0.383 e. The number of carbonyl (C=O) groups is 1. The summed E-state index contributed by atoms with van der Waals surface area (Å²) in [7, 11) is 1.61. The Morgan fingerprint density at radius 2 is 2.09 bits per heavy atom. The van der Waals surface area contributed by atoms with Crippen molar-refractivity contribution in [3.05, 3.63) is 34.4 Å². The maximum absolute atomic E-state index is 12.2. The molecule has 0 spiro atoms. The highest BCUT2D eigenvalue weighted by molar-refractivity contribution is 5.79. The van der Waals surface area contributed by atoms with Crippen molar-refractivity contribution in [1.82, 2.24) is 5.32 Å². The van der Waals surface area contributed by atoms with Gasteiger partial charge in [-0.15, -0.1) is 0 Å². The number of rotatable bonds is 6. The number of nitro benzene ring substituents is 1. The van der Waals surface area contributed by atoms with Crippen LogP contribution in [0.15, 0.2) is 24.3 Å². The molecule has 1 N–H and O–H groups in total. The molecule has 1 heterocycles. The van der Waals surface area contributed by atoms with Crippen LogP contribution in [0.3, 0.4) is 0 Å². The molecule has 1 aliphatic rings. The van der Waals surface area contributed by atoms with Gasteiger partial charge in [-0.2, -0.15) is 0 Å². The summed E-state index contributed by atoms with van der Waals surface area (Å²) in [5.41, 5.74) is 0.744. The fourth-order valence-electron chi connectivity index (χ4n) is 2.92. The Hall–Kier alpha value is -2.15. The minimum atomic E-state index is -0.361. The lowest BCUT2D eigenvalue weighted by Crippen LogP contribution is -2.44. The van der Waals surface area contributed by atoms with Crippen LogP contribution in [-0.4, -0.2) is 43.7 Å². The molecule has 1 aliphatic heterocycles. The molecular weight excluding hydrogens is 298 g/mol. The molecule has 0 radical (unpaired) electrons. The average molecular weight is 321 g/mol. The van der Waals surface area contributed by atoms with E-state index in [9.17, 15) is 14.9 Å². The molecule has 1 amide bonds. The first-order valence-corrected chi connectivity index (χ1v) is 7.80. The van der Waals surface area contributed by atoms with Gasteiger partial charge in [0.2, 0.25) is 5.91 Å². The average Bonchev–Trinajstić information content (AvgIpc) is 2.55. The van der Waals surface area contributed by atoms with Gasteiger partial charge in [-0.25, -0.2) is 0 Å². The van der Waals surface area contributed by atoms with Gasteiger partial charge in [0.1, 0.15) is 5.69 Å². The van der Waals surface area contributed by atoms with E-state index in [-0.39, 0.29) is 28.5 Å². The quantitative estimate of drug-likeness (QED) is 0.639. The summed E-state index contributed by atoms with van der Waals surface area (Å²) in [5.74, 6) is -0.00918. The van der Waals surface area contributed by atoms with Gasteiger partial charge in [0.15, 0.2) is 0 Å². The van der Waals surface area contributed by atoms with E-state index in [0.29, 0.717) is 38.2 Å². The van der Waals surface area contributed by atoms with E-state index in [0.717, 1.165) is 0 Å². The summed E-state index contributed by atoms with van der Waals surface area (Å²) in [6.07, 6.45) is 1.38. The predicted octanol–water partition coefficient (Wildman–Crippen LogP) is 1.96. The monoisotopic (exact) mass is 321 g/mol. The molecular formula is C16H23N3O4. The number of piperidine rings is 1. The van der Waals surface area contributed by atoms with Gasteiger partial charge in [0, 0.05) is 38.2 Å². The van der Waals surface area contributed by atoms with Gasteiger partial charge in [-0.05, 0) is 25.8 Å². The number of hydrogen-bond acceptors (Lipinski definition) is 5. The third-order valence-electron chi connectivity index (χ3n) is 4.09. The Kier molecular flexibility index (Phi) is 5.92. The van der Waals surface area contributed by atoms with E-state index >= 15 is 0 Å². The molecule has 1 saturated heterocycles. The second-order valence-corrected chi connectivity index (χ2v) is 5.87. The van der Waals surface area contributed by atoms with Crippen molar-refractivity contribution < 1.29 is 14.5 Å². The molecule has 7 nitrogen and oxygen atoms in total. The number of nitrogens with zero attached hydrogens (tertiary/aromatic N) is 2. The first-order valence-electron chi connectivity index (χ1n) is 7.80. The normalized spacial score (nSPS) is 16.9. The number of ether oxygens (including phenoxy) is 1.